The number of nitrogens with one attached hydrogen (secondary N) is 1. The molecule has 106 valence electrons. The molecule has 0 fully saturated rings. The second kappa shape index (κ2) is 5.13. The average molecular weight is 294 g/mol. The number of rotatable bonds is 3. The number of hydrogen-bond acceptors (Lipinski definition) is 3. The van der Waals surface area contributed by atoms with Crippen LogP contribution in [0, 0.1) is 19.7 Å². The Morgan fingerprint density at radius 2 is 1.70 bits per heavy atom. The Morgan fingerprint density at radius 1 is 1.10 bits per heavy atom. The molecule has 0 bridgehead atoms. The molecule has 4 nitrogen and oxygen atoms in total. The maximum atomic E-state index is 12.8. The Kier molecular flexibility index (Phi) is 3.67. The monoisotopic (exact) mass is 294 g/mol. The lowest BCUT2D eigenvalue weighted by Gasteiger charge is -2.11. The number of nitrogens with two attached hydrogens (primary N) is 1. The van der Waals surface area contributed by atoms with Gasteiger partial charge in [-0.3, -0.25) is 4.72 Å². The molecule has 0 unspecified atom stereocenters. The van der Waals surface area contributed by atoms with E-state index in [-0.39, 0.29) is 4.90 Å². The highest BCUT2D eigenvalue weighted by Crippen LogP contribution is 2.23. The van der Waals surface area contributed by atoms with Crippen molar-refractivity contribution in [1.29, 1.82) is 0 Å². The Hall–Kier alpha value is -2.08. The van der Waals surface area contributed by atoms with Gasteiger partial charge in [0.2, 0.25) is 0 Å². The van der Waals surface area contributed by atoms with E-state index < -0.39 is 15.8 Å². The molecule has 0 saturated heterocycles. The van der Waals surface area contributed by atoms with Gasteiger partial charge in [0.15, 0.2) is 0 Å². The second-order valence-electron chi connectivity index (χ2n) is 4.57. The molecule has 6 heteroatoms. The van der Waals surface area contributed by atoms with Crippen LogP contribution in [0.5, 0.6) is 0 Å². The van der Waals surface area contributed by atoms with Gasteiger partial charge in [0, 0.05) is 11.4 Å². The molecule has 0 radical (unpaired) electrons. The van der Waals surface area contributed by atoms with Crippen molar-refractivity contribution in [3.8, 4) is 0 Å². The quantitative estimate of drug-likeness (QED) is 0.855. The highest BCUT2D eigenvalue weighted by molar-refractivity contribution is 7.92. The lowest BCUT2D eigenvalue weighted by atomic mass is 10.1. The summed E-state index contributed by atoms with van der Waals surface area (Å²) in [5, 5.41) is 0. The third kappa shape index (κ3) is 2.91. The summed E-state index contributed by atoms with van der Waals surface area (Å²) in [5.74, 6) is -0.427. The van der Waals surface area contributed by atoms with E-state index in [1.165, 1.54) is 30.3 Å². The minimum absolute atomic E-state index is 0.0856. The van der Waals surface area contributed by atoms with Crippen molar-refractivity contribution in [2.24, 2.45) is 0 Å². The predicted molar refractivity (Wildman–Crippen MR) is 77.5 cm³/mol. The normalized spacial score (nSPS) is 11.3. The van der Waals surface area contributed by atoms with Crippen LogP contribution in [0.25, 0.3) is 0 Å². The number of halogens is 1. The highest BCUT2D eigenvalue weighted by Gasteiger charge is 2.16. The van der Waals surface area contributed by atoms with Crippen LogP contribution < -0.4 is 10.5 Å². The highest BCUT2D eigenvalue weighted by atomic mass is 32.2. The molecule has 0 atom stereocenters. The van der Waals surface area contributed by atoms with Crippen LogP contribution in [0.1, 0.15) is 11.1 Å². The van der Waals surface area contributed by atoms with Crippen LogP contribution in [0.4, 0.5) is 15.8 Å². The zero-order valence-electron chi connectivity index (χ0n) is 11.1. The van der Waals surface area contributed by atoms with Crippen molar-refractivity contribution in [1.82, 2.24) is 0 Å². The molecular weight excluding hydrogens is 279 g/mol. The SMILES string of the molecule is Cc1cc(S(=O)(=O)Nc2ccc(F)cc2)cc(N)c1C. The van der Waals surface area contributed by atoms with Crippen molar-refractivity contribution in [3.05, 3.63) is 53.3 Å². The third-order valence-corrected chi connectivity index (χ3v) is 4.45. The van der Waals surface area contributed by atoms with Crippen LogP contribution in [0.2, 0.25) is 0 Å². The molecule has 2 aromatic rings. The molecule has 2 rings (SSSR count). The van der Waals surface area contributed by atoms with Crippen molar-refractivity contribution in [2.75, 3.05) is 10.5 Å². The van der Waals surface area contributed by atoms with Crippen LogP contribution in [-0.2, 0) is 10.0 Å². The van der Waals surface area contributed by atoms with Gasteiger partial charge < -0.3 is 5.73 Å². The average Bonchev–Trinajstić information content (AvgIpc) is 2.38. The van der Waals surface area contributed by atoms with E-state index in [0.717, 1.165) is 11.1 Å². The second-order valence-corrected chi connectivity index (χ2v) is 6.25. The van der Waals surface area contributed by atoms with Crippen LogP contribution in [0.3, 0.4) is 0 Å². The standard InChI is InChI=1S/C14H15FN2O2S/c1-9-7-13(8-14(16)10(9)2)20(18,19)17-12-5-3-11(15)4-6-12/h3-8,17H,16H2,1-2H3. The van der Waals surface area contributed by atoms with Crippen LogP contribution in [0.15, 0.2) is 41.3 Å². The van der Waals surface area contributed by atoms with E-state index in [0.29, 0.717) is 11.4 Å². The number of aryl methyl sites for hydroxylation is 1. The van der Waals surface area contributed by atoms with E-state index in [1.807, 2.05) is 6.92 Å². The van der Waals surface area contributed by atoms with Crippen molar-refractivity contribution >= 4 is 21.4 Å². The first-order valence-electron chi connectivity index (χ1n) is 5.95. The van der Waals surface area contributed by atoms with Gasteiger partial charge in [0.1, 0.15) is 5.82 Å². The fraction of sp³-hybridized carbons (Fsp3) is 0.143. The zero-order valence-corrected chi connectivity index (χ0v) is 12.0. The van der Waals surface area contributed by atoms with E-state index >= 15 is 0 Å². The van der Waals surface area contributed by atoms with Crippen molar-refractivity contribution in [2.45, 2.75) is 18.7 Å². The molecule has 2 aromatic carbocycles. The lowest BCUT2D eigenvalue weighted by Crippen LogP contribution is -2.14. The Bertz CT molecular complexity index is 717. The molecular formula is C14H15FN2O2S. The summed E-state index contributed by atoms with van der Waals surface area (Å²) in [6.45, 7) is 3.62. The van der Waals surface area contributed by atoms with Crippen LogP contribution >= 0.6 is 0 Å². The summed E-state index contributed by atoms with van der Waals surface area (Å²) >= 11 is 0. The fourth-order valence-corrected chi connectivity index (χ4v) is 2.92. The first-order valence-corrected chi connectivity index (χ1v) is 7.43. The summed E-state index contributed by atoms with van der Waals surface area (Å²) in [7, 11) is -3.74. The van der Waals surface area contributed by atoms with Gasteiger partial charge in [-0.15, -0.1) is 0 Å². The number of hydrogen-bond donors (Lipinski definition) is 2. The predicted octanol–water partition coefficient (Wildman–Crippen LogP) is 2.83. The maximum Gasteiger partial charge on any atom is 0.261 e. The number of benzene rings is 2. The number of sulfonamides is 1. The molecule has 0 heterocycles. The van der Waals surface area contributed by atoms with Gasteiger partial charge in [0.05, 0.1) is 4.90 Å². The fourth-order valence-electron chi connectivity index (χ4n) is 1.74. The maximum absolute atomic E-state index is 12.8. The first kappa shape index (κ1) is 14.3. The summed E-state index contributed by atoms with van der Waals surface area (Å²) in [6.07, 6.45) is 0. The summed E-state index contributed by atoms with van der Waals surface area (Å²) in [4.78, 5) is 0.0856. The Labute approximate surface area is 117 Å². The molecule has 0 saturated carbocycles. The number of nitrogen functional groups attached to an aromatic ring is 1. The lowest BCUT2D eigenvalue weighted by molar-refractivity contribution is 0.601. The molecule has 0 aliphatic carbocycles. The van der Waals surface area contributed by atoms with Gasteiger partial charge in [-0.05, 0) is 61.4 Å². The minimum atomic E-state index is -3.74. The van der Waals surface area contributed by atoms with Gasteiger partial charge in [-0.1, -0.05) is 0 Å². The third-order valence-electron chi connectivity index (χ3n) is 3.09. The van der Waals surface area contributed by atoms with E-state index in [4.69, 9.17) is 5.73 Å². The molecule has 0 aromatic heterocycles. The van der Waals surface area contributed by atoms with Gasteiger partial charge >= 0.3 is 0 Å². The molecule has 0 aliphatic rings. The smallest absolute Gasteiger partial charge is 0.261 e. The molecule has 0 amide bonds. The van der Waals surface area contributed by atoms with Crippen LogP contribution in [-0.4, -0.2) is 8.42 Å². The Balaban J connectivity index is 2.38. The summed E-state index contributed by atoms with van der Waals surface area (Å²) in [5.41, 5.74) is 8.15. The van der Waals surface area contributed by atoms with E-state index in [2.05, 4.69) is 4.72 Å². The van der Waals surface area contributed by atoms with E-state index in [9.17, 15) is 12.8 Å². The first-order chi connectivity index (χ1) is 9.29. The summed E-state index contributed by atoms with van der Waals surface area (Å²) in [6, 6.07) is 8.06. The summed E-state index contributed by atoms with van der Waals surface area (Å²) < 4.78 is 39.7. The largest absolute Gasteiger partial charge is 0.398 e. The minimum Gasteiger partial charge on any atom is -0.398 e. The molecule has 0 spiro atoms. The molecule has 0 aliphatic heterocycles. The molecule has 20 heavy (non-hydrogen) atoms. The Morgan fingerprint density at radius 3 is 2.25 bits per heavy atom. The molecule has 3 N–H and O–H groups in total. The van der Waals surface area contributed by atoms with Gasteiger partial charge in [-0.25, -0.2) is 12.8 Å². The van der Waals surface area contributed by atoms with Crippen molar-refractivity contribution < 1.29 is 12.8 Å². The number of anilines is 2. The van der Waals surface area contributed by atoms with Gasteiger partial charge in [-0.2, -0.15) is 0 Å². The van der Waals surface area contributed by atoms with Gasteiger partial charge in [0.25, 0.3) is 10.0 Å². The van der Waals surface area contributed by atoms with Crippen molar-refractivity contribution in [3.63, 3.8) is 0 Å². The zero-order chi connectivity index (χ0) is 14.9. The topological polar surface area (TPSA) is 72.2 Å². The van der Waals surface area contributed by atoms with E-state index in [1.54, 1.807) is 13.0 Å².